The summed E-state index contributed by atoms with van der Waals surface area (Å²) in [4.78, 5) is 8.40. The van der Waals surface area contributed by atoms with Crippen molar-refractivity contribution in [1.29, 1.82) is 0 Å². The van der Waals surface area contributed by atoms with Gasteiger partial charge in [-0.1, -0.05) is 11.6 Å². The number of nitrogens with zero attached hydrogens (tertiary/aromatic N) is 3. The van der Waals surface area contributed by atoms with Crippen LogP contribution in [0.25, 0.3) is 0 Å². The van der Waals surface area contributed by atoms with E-state index in [4.69, 9.17) is 4.74 Å². The van der Waals surface area contributed by atoms with Crippen molar-refractivity contribution in [2.24, 2.45) is 4.99 Å². The zero-order valence-electron chi connectivity index (χ0n) is 15.6. The van der Waals surface area contributed by atoms with Crippen molar-refractivity contribution in [3.05, 3.63) is 41.5 Å². The van der Waals surface area contributed by atoms with Crippen LogP contribution in [0, 0.1) is 11.6 Å². The SMILES string of the molecule is CN=C(NCCC1=CCOCC1)N1CCN(c2cc(F)ccc2F)CC1.I. The van der Waals surface area contributed by atoms with Gasteiger partial charge in [0.15, 0.2) is 5.96 Å². The minimum Gasteiger partial charge on any atom is -0.377 e. The first-order valence-electron chi connectivity index (χ1n) is 9.08. The van der Waals surface area contributed by atoms with Gasteiger partial charge in [-0.3, -0.25) is 4.99 Å². The van der Waals surface area contributed by atoms with E-state index in [1.165, 1.54) is 17.7 Å². The van der Waals surface area contributed by atoms with Crippen molar-refractivity contribution < 1.29 is 13.5 Å². The predicted octanol–water partition coefficient (Wildman–Crippen LogP) is 3.02. The number of anilines is 1. The number of aliphatic imine (C=N–C) groups is 1. The first-order valence-corrected chi connectivity index (χ1v) is 9.08. The average molecular weight is 492 g/mol. The molecular weight excluding hydrogens is 465 g/mol. The quantitative estimate of drug-likeness (QED) is 0.304. The summed E-state index contributed by atoms with van der Waals surface area (Å²) in [5.74, 6) is 0.0628. The Hall–Kier alpha value is -1.42. The summed E-state index contributed by atoms with van der Waals surface area (Å²) in [6.45, 7) is 5.03. The fourth-order valence-electron chi connectivity index (χ4n) is 3.35. The fourth-order valence-corrected chi connectivity index (χ4v) is 3.35. The molecule has 0 unspecified atom stereocenters. The van der Waals surface area contributed by atoms with Crippen LogP contribution in [-0.4, -0.2) is 63.8 Å². The van der Waals surface area contributed by atoms with Gasteiger partial charge in [0.2, 0.25) is 0 Å². The average Bonchev–Trinajstić information content (AvgIpc) is 2.68. The van der Waals surface area contributed by atoms with Crippen molar-refractivity contribution >= 4 is 35.6 Å². The first-order chi connectivity index (χ1) is 12.7. The molecule has 1 fully saturated rings. The summed E-state index contributed by atoms with van der Waals surface area (Å²) in [6, 6.07) is 3.59. The molecule has 0 atom stereocenters. The molecule has 1 aromatic rings. The van der Waals surface area contributed by atoms with Crippen molar-refractivity contribution in [3.63, 3.8) is 0 Å². The second kappa shape index (κ2) is 10.8. The van der Waals surface area contributed by atoms with Crippen LogP contribution in [-0.2, 0) is 4.74 Å². The van der Waals surface area contributed by atoms with Gasteiger partial charge >= 0.3 is 0 Å². The van der Waals surface area contributed by atoms with Gasteiger partial charge in [0.25, 0.3) is 0 Å². The first kappa shape index (κ1) is 21.9. The van der Waals surface area contributed by atoms with Crippen LogP contribution in [0.2, 0.25) is 0 Å². The monoisotopic (exact) mass is 492 g/mol. The summed E-state index contributed by atoms with van der Waals surface area (Å²) in [7, 11) is 1.77. The number of hydrogen-bond donors (Lipinski definition) is 1. The van der Waals surface area contributed by atoms with Gasteiger partial charge in [0.1, 0.15) is 11.6 Å². The van der Waals surface area contributed by atoms with E-state index in [0.717, 1.165) is 38.0 Å². The minimum atomic E-state index is -0.413. The molecule has 1 N–H and O–H groups in total. The molecule has 0 aliphatic carbocycles. The van der Waals surface area contributed by atoms with E-state index in [1.54, 1.807) is 7.05 Å². The van der Waals surface area contributed by atoms with E-state index < -0.39 is 5.82 Å². The molecule has 0 amide bonds. The molecule has 0 saturated carbocycles. The van der Waals surface area contributed by atoms with Gasteiger partial charge in [-0.25, -0.2) is 8.78 Å². The van der Waals surface area contributed by atoms with Crippen molar-refractivity contribution in [3.8, 4) is 0 Å². The third-order valence-electron chi connectivity index (χ3n) is 4.83. The van der Waals surface area contributed by atoms with Gasteiger partial charge in [-0.2, -0.15) is 0 Å². The summed E-state index contributed by atoms with van der Waals surface area (Å²) >= 11 is 0. The Balaban J connectivity index is 0.00000261. The van der Waals surface area contributed by atoms with Crippen molar-refractivity contribution in [2.45, 2.75) is 12.8 Å². The molecular formula is C19H27F2IN4O. The molecule has 0 radical (unpaired) electrons. The fraction of sp³-hybridized carbons (Fsp3) is 0.526. The number of halogens is 3. The lowest BCUT2D eigenvalue weighted by atomic mass is 10.1. The number of benzene rings is 1. The number of ether oxygens (including phenoxy) is 1. The molecule has 2 aliphatic rings. The third kappa shape index (κ3) is 6.03. The minimum absolute atomic E-state index is 0. The highest BCUT2D eigenvalue weighted by molar-refractivity contribution is 14.0. The van der Waals surface area contributed by atoms with Crippen LogP contribution >= 0.6 is 24.0 Å². The molecule has 0 bridgehead atoms. The lowest BCUT2D eigenvalue weighted by molar-refractivity contribution is 0.153. The summed E-state index contributed by atoms with van der Waals surface area (Å²) in [5, 5.41) is 3.40. The lowest BCUT2D eigenvalue weighted by Crippen LogP contribution is -2.52. The van der Waals surface area contributed by atoms with E-state index in [-0.39, 0.29) is 29.8 Å². The van der Waals surface area contributed by atoms with E-state index in [0.29, 0.717) is 38.5 Å². The highest BCUT2D eigenvalue weighted by Crippen LogP contribution is 2.22. The maximum Gasteiger partial charge on any atom is 0.193 e. The van der Waals surface area contributed by atoms with Crippen molar-refractivity contribution in [1.82, 2.24) is 10.2 Å². The number of nitrogens with one attached hydrogen (secondary N) is 1. The van der Waals surface area contributed by atoms with E-state index in [1.807, 2.05) is 4.90 Å². The Morgan fingerprint density at radius 1 is 1.22 bits per heavy atom. The molecule has 5 nitrogen and oxygen atoms in total. The molecule has 2 aliphatic heterocycles. The Bertz CT molecular complexity index is 676. The number of guanidine groups is 1. The van der Waals surface area contributed by atoms with Gasteiger partial charge < -0.3 is 19.9 Å². The van der Waals surface area contributed by atoms with Crippen LogP contribution in [0.5, 0.6) is 0 Å². The van der Waals surface area contributed by atoms with E-state index >= 15 is 0 Å². The number of hydrogen-bond acceptors (Lipinski definition) is 3. The normalized spacial score (nSPS) is 18.0. The largest absolute Gasteiger partial charge is 0.377 e. The van der Waals surface area contributed by atoms with Gasteiger partial charge in [-0.05, 0) is 25.0 Å². The van der Waals surface area contributed by atoms with Gasteiger partial charge in [0.05, 0.1) is 18.9 Å². The van der Waals surface area contributed by atoms with Crippen LogP contribution in [0.1, 0.15) is 12.8 Å². The maximum atomic E-state index is 13.9. The molecule has 3 rings (SSSR count). The molecule has 27 heavy (non-hydrogen) atoms. The molecule has 8 heteroatoms. The lowest BCUT2D eigenvalue weighted by Gasteiger charge is -2.37. The predicted molar refractivity (Wildman–Crippen MR) is 115 cm³/mol. The second-order valence-electron chi connectivity index (χ2n) is 6.48. The molecule has 150 valence electrons. The standard InChI is InChI=1S/C19H26F2N4O.HI/c1-22-19(23-7-4-15-5-12-26-13-6-15)25-10-8-24(9-11-25)18-14-16(20)2-3-17(18)21;/h2-3,5,14H,4,6-13H2,1H3,(H,22,23);1H. The Labute approximate surface area is 176 Å². The van der Waals surface area contributed by atoms with Gasteiger partial charge in [-0.15, -0.1) is 24.0 Å². The van der Waals surface area contributed by atoms with E-state index in [9.17, 15) is 8.78 Å². The molecule has 1 saturated heterocycles. The second-order valence-corrected chi connectivity index (χ2v) is 6.48. The van der Waals surface area contributed by atoms with Crippen LogP contribution < -0.4 is 10.2 Å². The highest BCUT2D eigenvalue weighted by Gasteiger charge is 2.22. The van der Waals surface area contributed by atoms with Crippen molar-refractivity contribution in [2.75, 3.05) is 57.9 Å². The third-order valence-corrected chi connectivity index (χ3v) is 4.83. The Morgan fingerprint density at radius 3 is 2.67 bits per heavy atom. The van der Waals surface area contributed by atoms with Gasteiger partial charge in [0, 0.05) is 45.8 Å². The summed E-state index contributed by atoms with van der Waals surface area (Å²) in [6.07, 6.45) is 4.13. The molecule has 0 aromatic heterocycles. The molecule has 1 aromatic carbocycles. The van der Waals surface area contributed by atoms with Crippen LogP contribution in [0.3, 0.4) is 0 Å². The summed E-state index contributed by atoms with van der Waals surface area (Å²) in [5.41, 5.74) is 1.75. The smallest absolute Gasteiger partial charge is 0.193 e. The molecule has 2 heterocycles. The zero-order chi connectivity index (χ0) is 18.4. The summed E-state index contributed by atoms with van der Waals surface area (Å²) < 4.78 is 32.7. The number of piperazine rings is 1. The zero-order valence-corrected chi connectivity index (χ0v) is 17.9. The maximum absolute atomic E-state index is 13.9. The topological polar surface area (TPSA) is 40.1 Å². The van der Waals surface area contributed by atoms with E-state index in [2.05, 4.69) is 21.3 Å². The Morgan fingerprint density at radius 2 is 2.00 bits per heavy atom. The Kier molecular flexibility index (Phi) is 8.75. The molecule has 0 spiro atoms. The highest BCUT2D eigenvalue weighted by atomic mass is 127. The number of rotatable bonds is 4. The van der Waals surface area contributed by atoms with Crippen LogP contribution in [0.4, 0.5) is 14.5 Å². The van der Waals surface area contributed by atoms with Crippen LogP contribution in [0.15, 0.2) is 34.8 Å².